The van der Waals surface area contributed by atoms with Crippen molar-refractivity contribution in [3.8, 4) is 5.75 Å². The maximum Gasteiger partial charge on any atom is 0.407 e. The fraction of sp³-hybridized carbons (Fsp3) is 0.632. The van der Waals surface area contributed by atoms with Gasteiger partial charge in [-0.15, -0.1) is 0 Å². The van der Waals surface area contributed by atoms with Gasteiger partial charge < -0.3 is 35.8 Å². The van der Waals surface area contributed by atoms with Gasteiger partial charge in [-0.25, -0.2) is 21.6 Å². The summed E-state index contributed by atoms with van der Waals surface area (Å²) >= 11 is 0. The van der Waals surface area contributed by atoms with Gasteiger partial charge in [-0.3, -0.25) is 0 Å². The molecule has 0 unspecified atom stereocenters. The lowest BCUT2D eigenvalue weighted by Gasteiger charge is -2.08. The summed E-state index contributed by atoms with van der Waals surface area (Å²) in [6.45, 7) is 1.35. The minimum Gasteiger partial charge on any atom is -0.497 e. The number of rotatable bonds is 12. The van der Waals surface area contributed by atoms with Crippen LogP contribution in [0.3, 0.4) is 0 Å². The zero-order valence-electron chi connectivity index (χ0n) is 19.0. The molecule has 33 heavy (non-hydrogen) atoms. The molecule has 1 amide bonds. The molecule has 0 fully saturated rings. The first-order valence-electron chi connectivity index (χ1n) is 9.97. The van der Waals surface area contributed by atoms with E-state index in [4.69, 9.17) is 30.5 Å². The molecule has 14 heteroatoms. The van der Waals surface area contributed by atoms with Crippen LogP contribution in [0.1, 0.15) is 12.5 Å². The number of sulfone groups is 2. The highest BCUT2D eigenvalue weighted by molar-refractivity contribution is 7.91. The Morgan fingerprint density at radius 3 is 1.85 bits per heavy atom. The molecule has 0 bridgehead atoms. The Balaban J connectivity index is 0. The van der Waals surface area contributed by atoms with Crippen LogP contribution in [0.5, 0.6) is 5.75 Å². The topological polar surface area (TPSA) is 203 Å². The normalized spacial score (nSPS) is 10.7. The van der Waals surface area contributed by atoms with E-state index in [1.807, 2.05) is 0 Å². The largest absolute Gasteiger partial charge is 0.497 e. The Hall–Kier alpha value is -1.97. The molecule has 0 saturated heterocycles. The lowest BCUT2D eigenvalue weighted by molar-refractivity contribution is 0.140. The highest BCUT2D eigenvalue weighted by Gasteiger charge is 2.11. The average Bonchev–Trinajstić information content (AvgIpc) is 2.73. The number of alkyl carbamates (subject to hydrolysis) is 1. The molecule has 6 N–H and O–H groups in total. The number of hydrogen-bond donors (Lipinski definition) is 5. The summed E-state index contributed by atoms with van der Waals surface area (Å²) in [6.07, 6.45) is -0.690. The molecule has 0 aliphatic carbocycles. The molecule has 0 spiro atoms. The summed E-state index contributed by atoms with van der Waals surface area (Å²) in [5, 5.41) is 26.7. The summed E-state index contributed by atoms with van der Waals surface area (Å²) in [7, 11) is -4.83. The van der Waals surface area contributed by atoms with Gasteiger partial charge in [0.05, 0.1) is 43.3 Å². The Bertz CT molecular complexity index is 817. The van der Waals surface area contributed by atoms with Crippen LogP contribution in [0, 0.1) is 0 Å². The molecule has 0 aromatic heterocycles. The van der Waals surface area contributed by atoms with Gasteiger partial charge in [-0.05, 0) is 24.6 Å². The van der Waals surface area contributed by atoms with Crippen molar-refractivity contribution in [1.29, 1.82) is 0 Å². The van der Waals surface area contributed by atoms with E-state index in [0.717, 1.165) is 5.56 Å². The van der Waals surface area contributed by atoms with E-state index in [1.165, 1.54) is 0 Å². The van der Waals surface area contributed by atoms with Crippen LogP contribution < -0.4 is 15.8 Å². The van der Waals surface area contributed by atoms with E-state index in [0.29, 0.717) is 5.75 Å². The number of aliphatic hydroxyl groups excluding tert-OH is 3. The molecule has 12 nitrogen and oxygen atoms in total. The molecule has 0 saturated carbocycles. The minimum absolute atomic E-state index is 0.0342. The zero-order chi connectivity index (χ0) is 25.8. The maximum atomic E-state index is 11.4. The van der Waals surface area contributed by atoms with Gasteiger partial charge in [0, 0.05) is 19.7 Å². The van der Waals surface area contributed by atoms with Crippen molar-refractivity contribution in [1.82, 2.24) is 5.32 Å². The van der Waals surface area contributed by atoms with Crippen molar-refractivity contribution in [2.24, 2.45) is 5.73 Å². The van der Waals surface area contributed by atoms with E-state index >= 15 is 0 Å². The van der Waals surface area contributed by atoms with E-state index in [2.05, 4.69) is 5.32 Å². The van der Waals surface area contributed by atoms with Crippen LogP contribution in [0.15, 0.2) is 24.3 Å². The predicted molar refractivity (Wildman–Crippen MR) is 124 cm³/mol. The maximum absolute atomic E-state index is 11.4. The monoisotopic (exact) mass is 516 g/mol. The standard InChI is InChI=1S/C13H19NO6S.C4H11NO3S.C2H6O/c1-19-12-4-2-11(3-5-12)10-20-13(16)14-6-8-21(17,18)9-7-15;5-1-3-9(7,8)4-2-6;1-2-3/h2-5,15H,6-10H2,1H3,(H,14,16);6H,1-5H2;3H,2H2,1H3. The molecular formula is C19H36N2O10S2. The number of amides is 1. The van der Waals surface area contributed by atoms with Crippen molar-refractivity contribution >= 4 is 25.8 Å². The molecule has 0 atom stereocenters. The Morgan fingerprint density at radius 1 is 0.939 bits per heavy atom. The Labute approximate surface area is 195 Å². The molecule has 1 aromatic rings. The molecule has 0 radical (unpaired) electrons. The highest BCUT2D eigenvalue weighted by Crippen LogP contribution is 2.11. The van der Waals surface area contributed by atoms with Gasteiger partial charge in [0.1, 0.15) is 12.4 Å². The fourth-order valence-corrected chi connectivity index (χ4v) is 3.63. The smallest absolute Gasteiger partial charge is 0.407 e. The van der Waals surface area contributed by atoms with Gasteiger partial charge in [0.15, 0.2) is 19.7 Å². The van der Waals surface area contributed by atoms with Gasteiger partial charge in [-0.2, -0.15) is 0 Å². The molecule has 1 rings (SSSR count). The van der Waals surface area contributed by atoms with E-state index in [1.54, 1.807) is 38.3 Å². The molecule has 0 aliphatic heterocycles. The van der Waals surface area contributed by atoms with Crippen LogP contribution in [-0.2, 0) is 31.0 Å². The number of nitrogens with two attached hydrogens (primary N) is 1. The number of ether oxygens (including phenoxy) is 2. The highest BCUT2D eigenvalue weighted by atomic mass is 32.2. The van der Waals surface area contributed by atoms with Gasteiger partial charge in [0.25, 0.3) is 0 Å². The van der Waals surface area contributed by atoms with Crippen LogP contribution in [-0.4, -0.2) is 101 Å². The number of aliphatic hydroxyl groups is 3. The lowest BCUT2D eigenvalue weighted by atomic mass is 10.2. The van der Waals surface area contributed by atoms with E-state index in [9.17, 15) is 21.6 Å². The Morgan fingerprint density at radius 2 is 1.42 bits per heavy atom. The molecule has 1 aromatic carbocycles. The number of nitrogens with one attached hydrogen (secondary N) is 1. The number of benzene rings is 1. The molecule has 0 aliphatic rings. The average molecular weight is 517 g/mol. The van der Waals surface area contributed by atoms with Crippen LogP contribution in [0.4, 0.5) is 4.79 Å². The van der Waals surface area contributed by atoms with Crippen LogP contribution >= 0.6 is 0 Å². The molecular weight excluding hydrogens is 480 g/mol. The van der Waals surface area contributed by atoms with Crippen LogP contribution in [0.2, 0.25) is 0 Å². The summed E-state index contributed by atoms with van der Waals surface area (Å²) in [6, 6.07) is 7.02. The van der Waals surface area contributed by atoms with Gasteiger partial charge >= 0.3 is 6.09 Å². The number of methoxy groups -OCH3 is 1. The quantitative estimate of drug-likeness (QED) is 0.220. The van der Waals surface area contributed by atoms with Gasteiger partial charge in [0.2, 0.25) is 0 Å². The number of hydrogen-bond acceptors (Lipinski definition) is 11. The van der Waals surface area contributed by atoms with Crippen molar-refractivity contribution in [2.75, 3.05) is 63.0 Å². The van der Waals surface area contributed by atoms with Crippen molar-refractivity contribution in [3.05, 3.63) is 29.8 Å². The summed E-state index contributed by atoms with van der Waals surface area (Å²) in [5.74, 6) is -0.0456. The number of carbonyl (C=O) groups excluding carboxylic acids is 1. The summed E-state index contributed by atoms with van der Waals surface area (Å²) in [5.41, 5.74) is 5.77. The summed E-state index contributed by atoms with van der Waals surface area (Å²) < 4.78 is 53.7. The SMILES string of the molecule is CCO.COc1ccc(COC(=O)NCCS(=O)(=O)CCO)cc1.NCCS(=O)(=O)CCO. The first-order chi connectivity index (χ1) is 15.5. The third-order valence-corrected chi connectivity index (χ3v) is 6.74. The second-order valence-corrected chi connectivity index (χ2v) is 10.8. The second kappa shape index (κ2) is 19.5. The molecule has 194 valence electrons. The number of carbonyl (C=O) groups is 1. The van der Waals surface area contributed by atoms with Crippen molar-refractivity contribution in [3.63, 3.8) is 0 Å². The predicted octanol–water partition coefficient (Wildman–Crippen LogP) is -1.32. The zero-order valence-corrected chi connectivity index (χ0v) is 20.6. The second-order valence-electron chi connectivity index (χ2n) is 6.21. The van der Waals surface area contributed by atoms with E-state index in [-0.39, 0.29) is 55.9 Å². The lowest BCUT2D eigenvalue weighted by Crippen LogP contribution is -2.30. The van der Waals surface area contributed by atoms with Crippen molar-refractivity contribution < 1.29 is 46.4 Å². The Kier molecular flexibility index (Phi) is 19.6. The first kappa shape index (κ1) is 33.2. The molecule has 0 heterocycles. The summed E-state index contributed by atoms with van der Waals surface area (Å²) in [4.78, 5) is 11.4. The van der Waals surface area contributed by atoms with Gasteiger partial charge in [-0.1, -0.05) is 12.1 Å². The van der Waals surface area contributed by atoms with E-state index < -0.39 is 32.4 Å². The minimum atomic E-state index is -3.34. The fourth-order valence-electron chi connectivity index (χ4n) is 1.89. The first-order valence-corrected chi connectivity index (χ1v) is 13.6. The van der Waals surface area contributed by atoms with Crippen molar-refractivity contribution in [2.45, 2.75) is 13.5 Å². The third kappa shape index (κ3) is 20.4. The van der Waals surface area contributed by atoms with Crippen LogP contribution in [0.25, 0.3) is 0 Å². The third-order valence-electron chi connectivity index (χ3n) is 3.44.